The lowest BCUT2D eigenvalue weighted by Crippen LogP contribution is -2.84. The average Bonchev–Trinajstić information content (AvgIpc) is 3.60. The molecular weight excluding hydrogens is 734 g/mol. The van der Waals surface area contributed by atoms with Crippen LogP contribution >= 0.6 is 0 Å². The van der Waals surface area contributed by atoms with Gasteiger partial charge in [0.2, 0.25) is 5.95 Å². The van der Waals surface area contributed by atoms with E-state index >= 15 is 0 Å². The first-order valence-corrected chi connectivity index (χ1v) is 18.6. The van der Waals surface area contributed by atoms with Gasteiger partial charge in [-0.15, -0.1) is 4.73 Å². The molecule has 0 unspecified atom stereocenters. The van der Waals surface area contributed by atoms with E-state index in [9.17, 15) is 39.2 Å². The molecule has 11 N–H and O–H groups in total. The number of rotatable bonds is 11. The molecule has 21 nitrogen and oxygen atoms in total. The number of piperidine rings is 2. The number of nitrogens with one attached hydrogen (secondary N) is 2. The molecule has 2 aromatic rings. The number of nitrogen functional groups attached to an aromatic ring is 1. The van der Waals surface area contributed by atoms with Gasteiger partial charge in [-0.1, -0.05) is 18.6 Å². The van der Waals surface area contributed by atoms with Crippen LogP contribution in [-0.2, 0) is 33.5 Å². The number of primary amides is 1. The fourth-order valence-corrected chi connectivity index (χ4v) is 5.18. The number of quaternary nitrogens is 1. The molecule has 0 aliphatic carbocycles. The number of nitrogens with two attached hydrogens (primary N) is 3. The van der Waals surface area contributed by atoms with Crippen LogP contribution in [0.1, 0.15) is 104 Å². The number of hydrogen-bond donors (Lipinski definition) is 8. The van der Waals surface area contributed by atoms with Crippen LogP contribution in [0.4, 0.5) is 23.5 Å². The molecule has 3 saturated heterocycles. The van der Waals surface area contributed by atoms with Gasteiger partial charge in [-0.25, -0.2) is 10.1 Å². The summed E-state index contributed by atoms with van der Waals surface area (Å²) in [4.78, 5) is 76.1. The summed E-state index contributed by atoms with van der Waals surface area (Å²) < 4.78 is 5.25. The summed E-state index contributed by atoms with van der Waals surface area (Å²) in [5.41, 5.74) is 9.82. The van der Waals surface area contributed by atoms with Crippen LogP contribution in [0.15, 0.2) is 12.1 Å². The van der Waals surface area contributed by atoms with Crippen molar-refractivity contribution in [2.75, 3.05) is 48.8 Å². The predicted molar refractivity (Wildman–Crippen MR) is 201 cm³/mol. The van der Waals surface area contributed by atoms with Gasteiger partial charge in [0.05, 0.1) is 25.7 Å². The Kier molecular flexibility index (Phi) is 22.6. The number of hydrogen-bond acceptors (Lipinski definition) is 17. The number of nitrogens with zero attached hydrogens (tertiary/aromatic N) is 6. The number of esters is 2. The van der Waals surface area contributed by atoms with Crippen molar-refractivity contribution in [3.8, 4) is 0 Å². The number of ether oxygens (including phenoxy) is 1. The largest absolute Gasteiger partial charge is 0.481 e. The maximum Gasteiger partial charge on any atom is 0.350 e. The molecule has 0 bridgehead atoms. The first-order chi connectivity index (χ1) is 26.6. The molecule has 0 atom stereocenters. The third kappa shape index (κ3) is 18.1. The normalized spacial score (nSPS) is 14.6. The average molecular weight is 793 g/mol. The van der Waals surface area contributed by atoms with Gasteiger partial charge < -0.3 is 41.5 Å². The van der Waals surface area contributed by atoms with Gasteiger partial charge >= 0.3 is 29.8 Å². The molecule has 56 heavy (non-hydrogen) atoms. The van der Waals surface area contributed by atoms with E-state index in [2.05, 4.69) is 30.2 Å². The monoisotopic (exact) mass is 792 g/mol. The number of amides is 1. The Morgan fingerprint density at radius 2 is 1.16 bits per heavy atom. The van der Waals surface area contributed by atoms with Gasteiger partial charge in [0.1, 0.15) is 23.2 Å². The standard InChI is InChI=1S/C15H23N5O3.C9H15N5O.C6H10O3.C4H4O3.CH5N/c1-2-11(21)6-7-14(22)18-15-17-13(10-12(16)20(15)23)19-8-4-3-5-9-19;10-7-6-8(12-9(11)14(7)15)13-4-2-1-3-5-13;1-2-5(7)3-4-6(8)9;5-3-1-2-4(6)7-3;1-2/h10,16,23H,2-9H2,1H3,(H,17,18,22);6,10,15H,1-5H2,(H2,11,12);2-4H2,1H3,(H,8,9);1-2H2;2H2,1H3/p+1. The van der Waals surface area contributed by atoms with Crippen molar-refractivity contribution < 1.29 is 54.3 Å². The molecule has 3 aliphatic rings. The van der Waals surface area contributed by atoms with E-state index in [1.807, 2.05) is 0 Å². The van der Waals surface area contributed by atoms with Crippen LogP contribution in [0.2, 0.25) is 0 Å². The highest BCUT2D eigenvalue weighted by atomic mass is 16.6. The lowest BCUT2D eigenvalue weighted by molar-refractivity contribution is -0.497. The third-order valence-electron chi connectivity index (χ3n) is 8.35. The second-order valence-electron chi connectivity index (χ2n) is 12.6. The van der Waals surface area contributed by atoms with E-state index in [-0.39, 0.29) is 78.9 Å². The Bertz CT molecular complexity index is 1720. The molecule has 5 rings (SSSR count). The highest BCUT2D eigenvalue weighted by Crippen LogP contribution is 2.17. The maximum atomic E-state index is 11.9. The lowest BCUT2D eigenvalue weighted by Gasteiger charge is -2.27. The smallest absolute Gasteiger partial charge is 0.350 e. The summed E-state index contributed by atoms with van der Waals surface area (Å²) in [6, 6.07) is 3.02. The molecule has 5 heterocycles. The van der Waals surface area contributed by atoms with E-state index < -0.39 is 17.9 Å². The van der Waals surface area contributed by atoms with E-state index in [0.29, 0.717) is 33.9 Å². The van der Waals surface area contributed by atoms with E-state index in [0.717, 1.165) is 51.9 Å². The fourth-order valence-electron chi connectivity index (χ4n) is 5.18. The summed E-state index contributed by atoms with van der Waals surface area (Å²) >= 11 is 0. The minimum Gasteiger partial charge on any atom is -0.481 e. The summed E-state index contributed by atoms with van der Waals surface area (Å²) in [5.74, 6) is -0.664. The van der Waals surface area contributed by atoms with Crippen molar-refractivity contribution in [1.82, 2.24) is 19.4 Å². The van der Waals surface area contributed by atoms with Crippen molar-refractivity contribution in [2.24, 2.45) is 5.73 Å². The minimum atomic E-state index is -0.906. The number of carbonyl (C=O) groups excluding carboxylic acids is 5. The van der Waals surface area contributed by atoms with Crippen molar-refractivity contribution in [3.05, 3.63) is 23.1 Å². The highest BCUT2D eigenvalue weighted by molar-refractivity contribution is 5.92. The molecule has 3 aliphatic heterocycles. The van der Waals surface area contributed by atoms with E-state index in [4.69, 9.17) is 21.7 Å². The van der Waals surface area contributed by atoms with Crippen molar-refractivity contribution >= 4 is 58.9 Å². The number of ketones is 2. The quantitative estimate of drug-likeness (QED) is 0.0872. The van der Waals surface area contributed by atoms with Gasteiger partial charge in [0.15, 0.2) is 11.0 Å². The SMILES string of the molecule is CCC(=O)CCC(=O)O.CCC(=O)CCC(=O)[NH2+]c1nc(N2CCCCC2)cc(=N)n1O.CN.N=c1cc(N2CCCCC2)nc(N)n1O.O=C1CCC(=O)O1. The molecule has 3 fully saturated rings. The van der Waals surface area contributed by atoms with Gasteiger partial charge in [-0.3, -0.25) is 34.8 Å². The molecule has 0 spiro atoms. The first kappa shape index (κ1) is 48.3. The van der Waals surface area contributed by atoms with Crippen LogP contribution in [0.3, 0.4) is 0 Å². The van der Waals surface area contributed by atoms with E-state index in [1.165, 1.54) is 37.3 Å². The fraction of sp³-hybridized carbons (Fsp3) is 0.600. The van der Waals surface area contributed by atoms with Crippen LogP contribution in [0, 0.1) is 10.8 Å². The number of anilines is 3. The third-order valence-corrected chi connectivity index (χ3v) is 8.35. The Morgan fingerprint density at radius 3 is 1.55 bits per heavy atom. The van der Waals surface area contributed by atoms with Crippen molar-refractivity contribution in [3.63, 3.8) is 0 Å². The molecule has 312 valence electrons. The number of Topliss-reactive ketones (excluding diaryl/α,β-unsaturated/α-hetero) is 2. The second-order valence-corrected chi connectivity index (χ2v) is 12.6. The summed E-state index contributed by atoms with van der Waals surface area (Å²) in [5, 5.41) is 43.8. The number of carbonyl (C=O) groups is 6. The summed E-state index contributed by atoms with van der Waals surface area (Å²) in [6.45, 7) is 7.10. The lowest BCUT2D eigenvalue weighted by atomic mass is 10.1. The number of cyclic esters (lactones) is 2. The predicted octanol–water partition coefficient (Wildman–Crippen LogP) is 0.499. The van der Waals surface area contributed by atoms with Crippen LogP contribution in [0.25, 0.3) is 0 Å². The molecular formula is C35H58N11O10+. The summed E-state index contributed by atoms with van der Waals surface area (Å²) in [6.07, 6.45) is 8.64. The van der Waals surface area contributed by atoms with Gasteiger partial charge in [0.25, 0.3) is 0 Å². The Labute approximate surface area is 324 Å². The molecule has 0 saturated carbocycles. The molecule has 21 heteroatoms. The number of aliphatic carboxylic acids is 1. The van der Waals surface area contributed by atoms with Crippen molar-refractivity contribution in [2.45, 2.75) is 104 Å². The number of carboxylic acid groups (broad SMARTS) is 1. The number of carboxylic acids is 1. The first-order valence-electron chi connectivity index (χ1n) is 18.6. The Morgan fingerprint density at radius 1 is 0.732 bits per heavy atom. The van der Waals surface area contributed by atoms with Gasteiger partial charge in [0, 0.05) is 64.0 Å². The van der Waals surface area contributed by atoms with Crippen molar-refractivity contribution in [1.29, 1.82) is 10.8 Å². The topological polar surface area (TPSA) is 331 Å². The second kappa shape index (κ2) is 26.2. The molecule has 0 aromatic carbocycles. The Hall–Kier alpha value is -5.70. The van der Waals surface area contributed by atoms with Gasteiger partial charge in [-0.05, 0) is 45.6 Å². The van der Waals surface area contributed by atoms with Crippen LogP contribution in [0.5, 0.6) is 0 Å². The van der Waals surface area contributed by atoms with Crippen LogP contribution < -0.4 is 37.6 Å². The number of aromatic nitrogens is 4. The van der Waals surface area contributed by atoms with Crippen LogP contribution in [-0.4, -0.2) is 104 Å². The zero-order chi connectivity index (χ0) is 42.2. The molecule has 1 amide bonds. The zero-order valence-electron chi connectivity index (χ0n) is 32.5. The summed E-state index contributed by atoms with van der Waals surface area (Å²) in [7, 11) is 1.50. The molecule has 0 radical (unpaired) electrons. The van der Waals surface area contributed by atoms with E-state index in [1.54, 1.807) is 13.8 Å². The zero-order valence-corrected chi connectivity index (χ0v) is 32.5. The molecule has 2 aromatic heterocycles. The highest BCUT2D eigenvalue weighted by Gasteiger charge is 2.21. The minimum absolute atomic E-state index is 0.0115. The maximum absolute atomic E-state index is 11.9. The Balaban J connectivity index is 0.000000406. The van der Waals surface area contributed by atoms with Gasteiger partial charge in [-0.2, -0.15) is 9.97 Å².